The number of methoxy groups -OCH3 is 1. The highest BCUT2D eigenvalue weighted by atomic mass is 32.2. The molecule has 1 saturated heterocycles. The number of benzene rings is 2. The standard InChI is InChI=1S/C39H47N5O7S/c1-23(2)35-40-36(50-41-35)31-13-9-10-18-43(31)38(46)39-21-30(39)29-20-26(49-5)15-17-27(29)34-33(24-11-7-6-8-12-24)28-16-14-25(19-32(28)44(34)22-39)37(45)51-52(47,48)42(3)4/h14-17,19-20,23-24,30-31H,6-13,18,21-22H2,1-5H3. The summed E-state index contributed by atoms with van der Waals surface area (Å²) < 4.78 is 44.8. The monoisotopic (exact) mass is 729 g/mol. The third-order valence-corrected chi connectivity index (χ3v) is 13.1. The lowest BCUT2D eigenvalue weighted by molar-refractivity contribution is -0.142. The molecule has 2 aromatic carbocycles. The van der Waals surface area contributed by atoms with E-state index in [1.165, 1.54) is 26.1 Å². The van der Waals surface area contributed by atoms with Crippen molar-refractivity contribution >= 4 is 33.1 Å². The lowest BCUT2D eigenvalue weighted by Crippen LogP contribution is -2.44. The largest absolute Gasteiger partial charge is 0.497 e. The smallest absolute Gasteiger partial charge is 0.387 e. The van der Waals surface area contributed by atoms with Crippen molar-refractivity contribution in [3.8, 4) is 17.0 Å². The van der Waals surface area contributed by atoms with Crippen molar-refractivity contribution in [3.05, 3.63) is 64.8 Å². The molecule has 12 nitrogen and oxygen atoms in total. The van der Waals surface area contributed by atoms with Crippen LogP contribution in [0.25, 0.3) is 22.2 Å². The van der Waals surface area contributed by atoms with E-state index in [9.17, 15) is 13.2 Å². The predicted octanol–water partition coefficient (Wildman–Crippen LogP) is 7.08. The Morgan fingerprint density at radius 3 is 2.50 bits per heavy atom. The zero-order valence-corrected chi connectivity index (χ0v) is 31.4. The van der Waals surface area contributed by atoms with E-state index < -0.39 is 21.7 Å². The van der Waals surface area contributed by atoms with Crippen molar-refractivity contribution in [2.45, 2.75) is 102 Å². The van der Waals surface area contributed by atoms with Gasteiger partial charge in [-0.2, -0.15) is 17.7 Å². The van der Waals surface area contributed by atoms with Gasteiger partial charge >= 0.3 is 16.3 Å². The van der Waals surface area contributed by atoms with Gasteiger partial charge in [0, 0.05) is 55.5 Å². The molecule has 0 N–H and O–H groups in total. The summed E-state index contributed by atoms with van der Waals surface area (Å²) in [5.74, 6) is 1.35. The van der Waals surface area contributed by atoms with E-state index in [-0.39, 0.29) is 29.3 Å². The Morgan fingerprint density at radius 2 is 1.79 bits per heavy atom. The van der Waals surface area contributed by atoms with E-state index in [2.05, 4.69) is 21.9 Å². The van der Waals surface area contributed by atoms with E-state index in [0.717, 1.165) is 82.7 Å². The summed E-state index contributed by atoms with van der Waals surface area (Å²) >= 11 is 0. The second kappa shape index (κ2) is 13.0. The summed E-state index contributed by atoms with van der Waals surface area (Å²) in [5, 5.41) is 5.25. The Labute approximate surface area is 304 Å². The van der Waals surface area contributed by atoms with Gasteiger partial charge in [0.05, 0.1) is 23.8 Å². The predicted molar refractivity (Wildman–Crippen MR) is 194 cm³/mol. The van der Waals surface area contributed by atoms with Crippen LogP contribution in [0.3, 0.4) is 0 Å². The van der Waals surface area contributed by atoms with Crippen LogP contribution >= 0.6 is 0 Å². The second-order valence-corrected chi connectivity index (χ2v) is 17.3. The topological polar surface area (TPSA) is 137 Å². The lowest BCUT2D eigenvalue weighted by Gasteiger charge is -2.36. The number of rotatable bonds is 8. The van der Waals surface area contributed by atoms with Crippen LogP contribution in [0, 0.1) is 5.41 Å². The highest BCUT2D eigenvalue weighted by Gasteiger charge is 2.64. The van der Waals surface area contributed by atoms with Crippen molar-refractivity contribution < 1.29 is 31.4 Å². The summed E-state index contributed by atoms with van der Waals surface area (Å²) in [6, 6.07) is 11.2. The summed E-state index contributed by atoms with van der Waals surface area (Å²) in [6.07, 6.45) is 8.83. The third kappa shape index (κ3) is 5.71. The molecule has 52 heavy (non-hydrogen) atoms. The lowest BCUT2D eigenvalue weighted by atomic mass is 9.81. The molecule has 3 atom stereocenters. The number of hydrogen-bond donors (Lipinski definition) is 0. The molecule has 3 fully saturated rings. The van der Waals surface area contributed by atoms with Gasteiger partial charge in [0.25, 0.3) is 0 Å². The molecule has 0 bridgehead atoms. The van der Waals surface area contributed by atoms with Gasteiger partial charge in [0.15, 0.2) is 5.82 Å². The molecule has 2 aliphatic carbocycles. The van der Waals surface area contributed by atoms with Gasteiger partial charge < -0.3 is 22.9 Å². The Balaban J connectivity index is 1.30. The number of aromatic nitrogens is 3. The fourth-order valence-corrected chi connectivity index (χ4v) is 9.40. The SMILES string of the molecule is COc1ccc2c(c1)C1CC1(C(=O)N1CCCCC1c1nc(C(C)C)no1)Cn1c-2c(C2CCCCC2)c2ccc(C(=O)OS(=O)(=O)N(C)C)cc21. The normalized spacial score (nSPS) is 23.2. The number of fused-ring (bicyclic) bond motifs is 7. The van der Waals surface area contributed by atoms with Crippen molar-refractivity contribution in [1.29, 1.82) is 0 Å². The molecule has 2 aromatic heterocycles. The highest BCUT2D eigenvalue weighted by molar-refractivity contribution is 7.84. The quantitative estimate of drug-likeness (QED) is 0.186. The third-order valence-electron chi connectivity index (χ3n) is 11.8. The van der Waals surface area contributed by atoms with E-state index in [0.29, 0.717) is 37.1 Å². The first kappa shape index (κ1) is 34.8. The number of likely N-dealkylation sites (tertiary alicyclic amines) is 1. The van der Waals surface area contributed by atoms with Crippen molar-refractivity contribution in [2.75, 3.05) is 27.7 Å². The molecule has 3 unspecified atom stereocenters. The van der Waals surface area contributed by atoms with Crippen LogP contribution in [-0.2, 0) is 25.8 Å². The van der Waals surface area contributed by atoms with Crippen LogP contribution in [0.15, 0.2) is 40.9 Å². The average molecular weight is 730 g/mol. The second-order valence-electron chi connectivity index (χ2n) is 15.5. The van der Waals surface area contributed by atoms with Gasteiger partial charge in [0.2, 0.25) is 11.8 Å². The molecule has 1 amide bonds. The van der Waals surface area contributed by atoms with E-state index in [1.807, 2.05) is 30.9 Å². The molecule has 4 aromatic rings. The summed E-state index contributed by atoms with van der Waals surface area (Å²) in [4.78, 5) is 35.3. The Morgan fingerprint density at radius 1 is 1.02 bits per heavy atom. The van der Waals surface area contributed by atoms with E-state index in [1.54, 1.807) is 19.2 Å². The maximum Gasteiger partial charge on any atom is 0.387 e. The molecule has 4 aliphatic rings. The summed E-state index contributed by atoms with van der Waals surface area (Å²) in [7, 11) is 0.0524. The van der Waals surface area contributed by atoms with Gasteiger partial charge in [-0.25, -0.2) is 4.79 Å². The molecule has 0 radical (unpaired) electrons. The number of amides is 1. The van der Waals surface area contributed by atoms with Crippen LogP contribution in [0.4, 0.5) is 0 Å². The molecular weight excluding hydrogens is 683 g/mol. The summed E-state index contributed by atoms with van der Waals surface area (Å²) in [6.45, 7) is 5.06. The first-order valence-corrected chi connectivity index (χ1v) is 20.0. The molecule has 276 valence electrons. The maximum absolute atomic E-state index is 15.3. The molecule has 2 aliphatic heterocycles. The fraction of sp³-hybridized carbons (Fsp3) is 0.538. The van der Waals surface area contributed by atoms with Crippen LogP contribution in [-0.4, -0.2) is 72.0 Å². The molecule has 13 heteroatoms. The number of nitrogens with zero attached hydrogens (tertiary/aromatic N) is 5. The van der Waals surface area contributed by atoms with E-state index >= 15 is 4.79 Å². The van der Waals surface area contributed by atoms with Crippen LogP contribution in [0.2, 0.25) is 0 Å². The number of piperidine rings is 1. The number of carbonyl (C=O) groups excluding carboxylic acids is 2. The Hall–Kier alpha value is -4.23. The molecular formula is C39H47N5O7S. The van der Waals surface area contributed by atoms with Gasteiger partial charge in [-0.05, 0) is 85.9 Å². The Bertz CT molecular complexity index is 2170. The van der Waals surface area contributed by atoms with E-state index in [4.69, 9.17) is 18.4 Å². The van der Waals surface area contributed by atoms with Crippen molar-refractivity contribution in [3.63, 3.8) is 0 Å². The number of carbonyl (C=O) groups is 2. The first-order chi connectivity index (χ1) is 24.9. The zero-order valence-electron chi connectivity index (χ0n) is 30.6. The van der Waals surface area contributed by atoms with Crippen LogP contribution in [0.1, 0.15) is 129 Å². The number of ether oxygens (including phenoxy) is 1. The van der Waals surface area contributed by atoms with Gasteiger partial charge in [-0.3, -0.25) is 4.79 Å². The molecule has 2 saturated carbocycles. The van der Waals surface area contributed by atoms with Gasteiger partial charge in [-0.15, -0.1) is 0 Å². The van der Waals surface area contributed by atoms with Gasteiger partial charge in [0.1, 0.15) is 11.8 Å². The number of hydrogen-bond acceptors (Lipinski definition) is 9. The van der Waals surface area contributed by atoms with Crippen molar-refractivity contribution in [2.24, 2.45) is 5.41 Å². The minimum absolute atomic E-state index is 0.0471. The minimum atomic E-state index is -4.25. The minimum Gasteiger partial charge on any atom is -0.497 e. The fourth-order valence-electron chi connectivity index (χ4n) is 8.96. The molecule has 0 spiro atoms. The van der Waals surface area contributed by atoms with Crippen LogP contribution in [0.5, 0.6) is 5.75 Å². The highest BCUT2D eigenvalue weighted by Crippen LogP contribution is 2.66. The maximum atomic E-state index is 15.3. The zero-order chi connectivity index (χ0) is 36.5. The summed E-state index contributed by atoms with van der Waals surface area (Å²) in [5.41, 5.74) is 4.63. The Kier molecular flexibility index (Phi) is 8.72. The molecule has 8 rings (SSSR count). The van der Waals surface area contributed by atoms with Gasteiger partial charge in [-0.1, -0.05) is 44.3 Å². The van der Waals surface area contributed by atoms with Crippen molar-refractivity contribution in [1.82, 2.24) is 23.9 Å². The molecule has 4 heterocycles. The average Bonchev–Trinajstić information content (AvgIpc) is 3.53. The van der Waals surface area contributed by atoms with Crippen LogP contribution < -0.4 is 4.74 Å². The first-order valence-electron chi connectivity index (χ1n) is 18.6.